The van der Waals surface area contributed by atoms with Crippen LogP contribution in [0.5, 0.6) is 0 Å². The van der Waals surface area contributed by atoms with Gasteiger partial charge in [-0.05, 0) is 64.4 Å². The summed E-state index contributed by atoms with van der Waals surface area (Å²) in [6, 6.07) is 4.95. The molecule has 1 saturated carbocycles. The maximum Gasteiger partial charge on any atom is 0.0410 e. The molecule has 2 nitrogen and oxygen atoms in total. The lowest BCUT2D eigenvalue weighted by Crippen LogP contribution is -2.47. The lowest BCUT2D eigenvalue weighted by Gasteiger charge is -2.38. The predicted molar refractivity (Wildman–Crippen MR) is 94.0 cm³/mol. The molecule has 1 aliphatic carbocycles. The van der Waals surface area contributed by atoms with Gasteiger partial charge in [-0.25, -0.2) is 0 Å². The molecule has 1 N–H and O–H groups in total. The first kappa shape index (κ1) is 17.0. The molecule has 1 fully saturated rings. The highest BCUT2D eigenvalue weighted by atomic mass is 32.1. The molecule has 1 atom stereocenters. The molecule has 1 aliphatic rings. The van der Waals surface area contributed by atoms with Crippen molar-refractivity contribution in [3.63, 3.8) is 0 Å². The van der Waals surface area contributed by atoms with Crippen LogP contribution < -0.4 is 5.32 Å². The second-order valence-corrected chi connectivity index (χ2v) is 8.90. The van der Waals surface area contributed by atoms with Gasteiger partial charge in [0.05, 0.1) is 0 Å². The quantitative estimate of drug-likeness (QED) is 0.820. The molecule has 1 aromatic heterocycles. The van der Waals surface area contributed by atoms with Crippen molar-refractivity contribution in [3.8, 4) is 0 Å². The minimum absolute atomic E-state index is 0.216. The van der Waals surface area contributed by atoms with Crippen LogP contribution in [-0.4, -0.2) is 30.6 Å². The third-order valence-corrected chi connectivity index (χ3v) is 5.90. The van der Waals surface area contributed by atoms with Crippen molar-refractivity contribution in [3.05, 3.63) is 22.4 Å². The second-order valence-electron chi connectivity index (χ2n) is 7.92. The first-order valence-electron chi connectivity index (χ1n) is 8.30. The van der Waals surface area contributed by atoms with Gasteiger partial charge < -0.3 is 5.32 Å². The monoisotopic (exact) mass is 308 g/mol. The number of hydrogen-bond acceptors (Lipinski definition) is 3. The first-order valence-corrected chi connectivity index (χ1v) is 9.18. The Kier molecular flexibility index (Phi) is 5.50. The highest BCUT2D eigenvalue weighted by Crippen LogP contribution is 2.40. The molecule has 0 radical (unpaired) electrons. The number of nitrogens with one attached hydrogen (secondary N) is 1. The van der Waals surface area contributed by atoms with Gasteiger partial charge in [0.15, 0.2) is 0 Å². The molecule has 0 bridgehead atoms. The summed E-state index contributed by atoms with van der Waals surface area (Å²) >= 11 is 1.88. The number of hydrogen-bond donors (Lipinski definition) is 1. The minimum Gasteiger partial charge on any atom is -0.311 e. The standard InChI is InChI=1S/C18H32N2S/c1-15(16-9-8-12-21-16)20(5)14-18(10-6-7-11-18)13-19-17(2,3)4/h8-9,12,15,19H,6-7,10-11,13-14H2,1-5H3. The van der Waals surface area contributed by atoms with Crippen LogP contribution in [0.3, 0.4) is 0 Å². The Bertz CT molecular complexity index is 413. The van der Waals surface area contributed by atoms with E-state index in [1.807, 2.05) is 11.3 Å². The maximum atomic E-state index is 3.76. The normalized spacial score (nSPS) is 20.1. The zero-order chi connectivity index (χ0) is 15.5. The van der Waals surface area contributed by atoms with E-state index in [0.717, 1.165) is 6.54 Å². The van der Waals surface area contributed by atoms with E-state index in [1.54, 1.807) is 0 Å². The van der Waals surface area contributed by atoms with Crippen molar-refractivity contribution in [2.24, 2.45) is 5.41 Å². The Balaban J connectivity index is 1.98. The predicted octanol–water partition coefficient (Wildman–Crippen LogP) is 4.69. The van der Waals surface area contributed by atoms with Gasteiger partial charge >= 0.3 is 0 Å². The second kappa shape index (κ2) is 6.80. The van der Waals surface area contributed by atoms with Crippen LogP contribution in [-0.2, 0) is 0 Å². The summed E-state index contributed by atoms with van der Waals surface area (Å²) in [6.07, 6.45) is 5.54. The largest absolute Gasteiger partial charge is 0.311 e. The molecular weight excluding hydrogens is 276 g/mol. The molecule has 120 valence electrons. The van der Waals surface area contributed by atoms with Crippen LogP contribution >= 0.6 is 11.3 Å². The van der Waals surface area contributed by atoms with E-state index in [4.69, 9.17) is 0 Å². The van der Waals surface area contributed by atoms with Gasteiger partial charge in [-0.3, -0.25) is 4.90 Å². The van der Waals surface area contributed by atoms with E-state index < -0.39 is 0 Å². The summed E-state index contributed by atoms with van der Waals surface area (Å²) in [5.74, 6) is 0. The average Bonchev–Trinajstić information content (AvgIpc) is 3.06. The van der Waals surface area contributed by atoms with E-state index in [1.165, 1.54) is 37.1 Å². The van der Waals surface area contributed by atoms with Gasteiger partial charge in [0.2, 0.25) is 0 Å². The summed E-state index contributed by atoms with van der Waals surface area (Å²) in [5.41, 5.74) is 0.682. The van der Waals surface area contributed by atoms with Crippen molar-refractivity contribution in [2.45, 2.75) is 65.0 Å². The molecule has 3 heteroatoms. The zero-order valence-electron chi connectivity index (χ0n) is 14.4. The van der Waals surface area contributed by atoms with E-state index in [0.29, 0.717) is 11.5 Å². The van der Waals surface area contributed by atoms with Crippen LogP contribution in [0.1, 0.15) is 64.3 Å². The first-order chi connectivity index (χ1) is 9.81. The Morgan fingerprint density at radius 3 is 2.52 bits per heavy atom. The fourth-order valence-electron chi connectivity index (χ4n) is 3.38. The third kappa shape index (κ3) is 4.80. The number of rotatable bonds is 6. The Morgan fingerprint density at radius 2 is 2.00 bits per heavy atom. The maximum absolute atomic E-state index is 3.76. The number of nitrogens with zero attached hydrogens (tertiary/aromatic N) is 1. The summed E-state index contributed by atoms with van der Waals surface area (Å²) in [5, 5.41) is 5.95. The molecule has 0 spiro atoms. The molecule has 0 aromatic carbocycles. The van der Waals surface area contributed by atoms with Crippen LogP contribution in [0, 0.1) is 5.41 Å². The zero-order valence-corrected chi connectivity index (χ0v) is 15.2. The van der Waals surface area contributed by atoms with Crippen molar-refractivity contribution in [1.29, 1.82) is 0 Å². The Hall–Kier alpha value is -0.380. The van der Waals surface area contributed by atoms with Crippen molar-refractivity contribution < 1.29 is 0 Å². The van der Waals surface area contributed by atoms with Gasteiger partial charge in [-0.1, -0.05) is 18.9 Å². The lowest BCUT2D eigenvalue weighted by atomic mass is 9.84. The van der Waals surface area contributed by atoms with Crippen LogP contribution in [0.2, 0.25) is 0 Å². The summed E-state index contributed by atoms with van der Waals surface area (Å²) < 4.78 is 0. The molecular formula is C18H32N2S. The van der Waals surface area contributed by atoms with E-state index in [-0.39, 0.29) is 5.54 Å². The number of thiophene rings is 1. The Labute approximate surface area is 134 Å². The van der Waals surface area contributed by atoms with Gasteiger partial charge in [0, 0.05) is 29.5 Å². The molecule has 2 rings (SSSR count). The van der Waals surface area contributed by atoms with Gasteiger partial charge in [0.25, 0.3) is 0 Å². The topological polar surface area (TPSA) is 15.3 Å². The van der Waals surface area contributed by atoms with Crippen molar-refractivity contribution in [1.82, 2.24) is 10.2 Å². The summed E-state index contributed by atoms with van der Waals surface area (Å²) in [4.78, 5) is 4.04. The Morgan fingerprint density at radius 1 is 1.33 bits per heavy atom. The van der Waals surface area contributed by atoms with Gasteiger partial charge in [-0.15, -0.1) is 11.3 Å². The smallest absolute Gasteiger partial charge is 0.0410 e. The third-order valence-electron chi connectivity index (χ3n) is 4.86. The van der Waals surface area contributed by atoms with E-state index >= 15 is 0 Å². The highest BCUT2D eigenvalue weighted by molar-refractivity contribution is 7.10. The van der Waals surface area contributed by atoms with Crippen molar-refractivity contribution in [2.75, 3.05) is 20.1 Å². The SMILES string of the molecule is CC(c1cccs1)N(C)CC1(CNC(C)(C)C)CCCC1. The fraction of sp³-hybridized carbons (Fsp3) is 0.778. The minimum atomic E-state index is 0.216. The highest BCUT2D eigenvalue weighted by Gasteiger charge is 2.36. The average molecular weight is 309 g/mol. The molecule has 1 heterocycles. The molecule has 0 aliphatic heterocycles. The van der Waals surface area contributed by atoms with Crippen molar-refractivity contribution >= 4 is 11.3 Å². The molecule has 0 amide bonds. The fourth-order valence-corrected chi connectivity index (χ4v) is 4.23. The molecule has 1 aromatic rings. The molecule has 0 saturated heterocycles. The van der Waals surface area contributed by atoms with Crippen LogP contribution in [0.4, 0.5) is 0 Å². The van der Waals surface area contributed by atoms with E-state index in [2.05, 4.69) is 62.5 Å². The lowest BCUT2D eigenvalue weighted by molar-refractivity contribution is 0.134. The van der Waals surface area contributed by atoms with Gasteiger partial charge in [-0.2, -0.15) is 0 Å². The van der Waals surface area contributed by atoms with Gasteiger partial charge in [0.1, 0.15) is 0 Å². The molecule has 21 heavy (non-hydrogen) atoms. The summed E-state index contributed by atoms with van der Waals surface area (Å²) in [6.45, 7) is 11.5. The summed E-state index contributed by atoms with van der Waals surface area (Å²) in [7, 11) is 2.29. The van der Waals surface area contributed by atoms with Crippen LogP contribution in [0.15, 0.2) is 17.5 Å². The molecule has 1 unspecified atom stereocenters. The van der Waals surface area contributed by atoms with Crippen LogP contribution in [0.25, 0.3) is 0 Å². The van der Waals surface area contributed by atoms with E-state index in [9.17, 15) is 0 Å².